The minimum absolute atomic E-state index is 0.229. The van der Waals surface area contributed by atoms with Crippen LogP contribution in [0, 0.1) is 30.1 Å². The van der Waals surface area contributed by atoms with Crippen molar-refractivity contribution in [1.82, 2.24) is 0 Å². The Kier molecular flexibility index (Phi) is 3.42. The molecule has 0 aliphatic carbocycles. The molecule has 0 aromatic carbocycles. The van der Waals surface area contributed by atoms with Crippen LogP contribution < -0.4 is 0 Å². The van der Waals surface area contributed by atoms with E-state index in [-0.39, 0.29) is 12.6 Å². The van der Waals surface area contributed by atoms with Gasteiger partial charge in [-0.05, 0) is 13.8 Å². The van der Waals surface area contributed by atoms with Gasteiger partial charge in [0.25, 0.3) is 0 Å². The standard InChI is InChI=1S/C13H16O4/c1-5-7-13(8-6-2,11-14-9(3)15-11)12-16-10(4)17-12/h1-2,9-12H,7-8H2,3-4H3. The van der Waals surface area contributed by atoms with Gasteiger partial charge in [0, 0.05) is 12.8 Å². The highest BCUT2D eigenvalue weighted by Crippen LogP contribution is 2.47. The predicted molar refractivity (Wildman–Crippen MR) is 60.2 cm³/mol. The Balaban J connectivity index is 2.14. The summed E-state index contributed by atoms with van der Waals surface area (Å²) in [7, 11) is 0. The van der Waals surface area contributed by atoms with Crippen LogP contribution >= 0.6 is 0 Å². The lowest BCUT2D eigenvalue weighted by molar-refractivity contribution is -0.479. The van der Waals surface area contributed by atoms with Gasteiger partial charge in [-0.2, -0.15) is 0 Å². The smallest absolute Gasteiger partial charge is 0.176 e. The van der Waals surface area contributed by atoms with Crippen LogP contribution in [0.15, 0.2) is 0 Å². The van der Waals surface area contributed by atoms with E-state index in [1.807, 2.05) is 13.8 Å². The van der Waals surface area contributed by atoms with E-state index in [2.05, 4.69) is 11.8 Å². The van der Waals surface area contributed by atoms with Gasteiger partial charge in [0.1, 0.15) is 0 Å². The molecule has 0 radical (unpaired) electrons. The van der Waals surface area contributed by atoms with Gasteiger partial charge in [-0.25, -0.2) is 0 Å². The van der Waals surface area contributed by atoms with Crippen LogP contribution in [-0.4, -0.2) is 25.2 Å². The third-order valence-electron chi connectivity index (χ3n) is 3.06. The molecular weight excluding hydrogens is 220 g/mol. The van der Waals surface area contributed by atoms with Gasteiger partial charge in [0.05, 0.1) is 5.41 Å². The van der Waals surface area contributed by atoms with E-state index in [0.717, 1.165) is 0 Å². The Bertz CT molecular complexity index is 317. The van der Waals surface area contributed by atoms with Gasteiger partial charge in [-0.1, -0.05) is 0 Å². The molecule has 2 rings (SSSR count). The highest BCUT2D eigenvalue weighted by atomic mass is 16.9. The molecule has 2 heterocycles. The highest BCUT2D eigenvalue weighted by Gasteiger charge is 2.56. The number of terminal acetylenes is 2. The number of hydrogen-bond donors (Lipinski definition) is 0. The van der Waals surface area contributed by atoms with Crippen LogP contribution in [0.4, 0.5) is 0 Å². The van der Waals surface area contributed by atoms with Crippen LogP contribution in [0.3, 0.4) is 0 Å². The molecule has 2 fully saturated rings. The predicted octanol–water partition coefficient (Wildman–Crippen LogP) is 1.46. The van der Waals surface area contributed by atoms with Gasteiger partial charge in [0.2, 0.25) is 0 Å². The topological polar surface area (TPSA) is 36.9 Å². The molecule has 4 heteroatoms. The highest BCUT2D eigenvalue weighted by molar-refractivity contribution is 5.07. The molecule has 4 nitrogen and oxygen atoms in total. The van der Waals surface area contributed by atoms with E-state index in [9.17, 15) is 0 Å². The fourth-order valence-electron chi connectivity index (χ4n) is 2.15. The molecule has 0 saturated carbocycles. The Hall–Kier alpha value is -1.04. The van der Waals surface area contributed by atoms with Gasteiger partial charge < -0.3 is 18.9 Å². The molecule has 0 unspecified atom stereocenters. The fourth-order valence-corrected chi connectivity index (χ4v) is 2.15. The Labute approximate surface area is 102 Å². The third-order valence-corrected chi connectivity index (χ3v) is 3.06. The summed E-state index contributed by atoms with van der Waals surface area (Å²) < 4.78 is 22.1. The lowest BCUT2D eigenvalue weighted by Gasteiger charge is -2.52. The Morgan fingerprint density at radius 3 is 1.47 bits per heavy atom. The van der Waals surface area contributed by atoms with Crippen molar-refractivity contribution in [3.8, 4) is 24.7 Å². The van der Waals surface area contributed by atoms with E-state index < -0.39 is 18.0 Å². The van der Waals surface area contributed by atoms with E-state index in [1.165, 1.54) is 0 Å². The average molecular weight is 236 g/mol. The van der Waals surface area contributed by atoms with Crippen LogP contribution in [0.2, 0.25) is 0 Å². The minimum atomic E-state index is -0.609. The lowest BCUT2D eigenvalue weighted by atomic mass is 9.78. The first kappa shape index (κ1) is 12.4. The van der Waals surface area contributed by atoms with E-state index in [1.54, 1.807) is 0 Å². The summed E-state index contributed by atoms with van der Waals surface area (Å²) in [6.45, 7) is 3.64. The Morgan fingerprint density at radius 1 is 0.882 bits per heavy atom. The molecule has 2 aliphatic heterocycles. The maximum absolute atomic E-state index is 5.53. The zero-order valence-electron chi connectivity index (χ0n) is 10.0. The first-order valence-electron chi connectivity index (χ1n) is 5.61. The molecule has 2 saturated heterocycles. The largest absolute Gasteiger partial charge is 0.323 e. The molecule has 0 N–H and O–H groups in total. The minimum Gasteiger partial charge on any atom is -0.323 e. The number of rotatable bonds is 4. The van der Waals surface area contributed by atoms with Crippen LogP contribution in [0.25, 0.3) is 0 Å². The first-order valence-corrected chi connectivity index (χ1v) is 5.61. The summed E-state index contributed by atoms with van der Waals surface area (Å²) in [5.41, 5.74) is -0.609. The van der Waals surface area contributed by atoms with Crippen molar-refractivity contribution in [2.45, 2.75) is 51.8 Å². The third kappa shape index (κ3) is 2.06. The molecule has 0 amide bonds. The van der Waals surface area contributed by atoms with E-state index in [4.69, 9.17) is 31.8 Å². The van der Waals surface area contributed by atoms with Crippen molar-refractivity contribution in [3.63, 3.8) is 0 Å². The summed E-state index contributed by atoms with van der Waals surface area (Å²) in [6.07, 6.45) is 10.2. The lowest BCUT2D eigenvalue weighted by Crippen LogP contribution is -2.61. The molecular formula is C13H16O4. The van der Waals surface area contributed by atoms with Gasteiger partial charge in [-0.3, -0.25) is 0 Å². The van der Waals surface area contributed by atoms with Crippen molar-refractivity contribution in [3.05, 3.63) is 0 Å². The second kappa shape index (κ2) is 4.68. The van der Waals surface area contributed by atoms with Gasteiger partial charge in [-0.15, -0.1) is 24.7 Å². The van der Waals surface area contributed by atoms with Gasteiger partial charge in [0.15, 0.2) is 25.2 Å². The maximum atomic E-state index is 5.53. The summed E-state index contributed by atoms with van der Waals surface area (Å²) in [5, 5.41) is 0. The van der Waals surface area contributed by atoms with Crippen molar-refractivity contribution >= 4 is 0 Å². The molecule has 0 spiro atoms. The molecule has 0 atom stereocenters. The van der Waals surface area contributed by atoms with Crippen LogP contribution in [-0.2, 0) is 18.9 Å². The quantitative estimate of drug-likeness (QED) is 0.692. The second-order valence-electron chi connectivity index (χ2n) is 4.34. The normalized spacial score (nSPS) is 36.2. The second-order valence-corrected chi connectivity index (χ2v) is 4.34. The average Bonchev–Trinajstić information content (AvgIpc) is 2.20. The first-order chi connectivity index (χ1) is 8.12. The zero-order chi connectivity index (χ0) is 12.5. The SMILES string of the molecule is C#CCC(CC#C)(C1OC(C)O1)C1OC(C)O1. The zero-order valence-corrected chi connectivity index (χ0v) is 10.0. The number of hydrogen-bond acceptors (Lipinski definition) is 4. The summed E-state index contributed by atoms with van der Waals surface area (Å²) >= 11 is 0. The van der Waals surface area contributed by atoms with Crippen LogP contribution in [0.5, 0.6) is 0 Å². The number of ether oxygens (including phenoxy) is 4. The molecule has 0 aromatic rings. The fraction of sp³-hybridized carbons (Fsp3) is 0.692. The summed E-state index contributed by atoms with van der Waals surface area (Å²) in [4.78, 5) is 0. The molecule has 17 heavy (non-hydrogen) atoms. The summed E-state index contributed by atoms with van der Waals surface area (Å²) in [6, 6.07) is 0. The molecule has 2 aliphatic rings. The van der Waals surface area contributed by atoms with E-state index >= 15 is 0 Å². The maximum Gasteiger partial charge on any atom is 0.176 e. The summed E-state index contributed by atoms with van der Waals surface area (Å²) in [5.74, 6) is 5.21. The molecule has 0 aromatic heterocycles. The van der Waals surface area contributed by atoms with E-state index in [0.29, 0.717) is 12.8 Å². The molecule has 92 valence electrons. The van der Waals surface area contributed by atoms with Crippen molar-refractivity contribution < 1.29 is 18.9 Å². The monoisotopic (exact) mass is 236 g/mol. The van der Waals surface area contributed by atoms with Crippen molar-refractivity contribution in [2.75, 3.05) is 0 Å². The van der Waals surface area contributed by atoms with Crippen LogP contribution in [0.1, 0.15) is 26.7 Å². The Morgan fingerprint density at radius 2 is 1.24 bits per heavy atom. The van der Waals surface area contributed by atoms with Crippen molar-refractivity contribution in [1.29, 1.82) is 0 Å². The molecule has 0 bridgehead atoms. The van der Waals surface area contributed by atoms with Gasteiger partial charge >= 0.3 is 0 Å². The van der Waals surface area contributed by atoms with Crippen molar-refractivity contribution in [2.24, 2.45) is 5.41 Å².